The summed E-state index contributed by atoms with van der Waals surface area (Å²) in [6.45, 7) is 8.09. The van der Waals surface area contributed by atoms with Gasteiger partial charge in [-0.1, -0.05) is 38.2 Å². The fourth-order valence-electron chi connectivity index (χ4n) is 5.18. The van der Waals surface area contributed by atoms with E-state index in [0.29, 0.717) is 25.1 Å². The van der Waals surface area contributed by atoms with Crippen molar-refractivity contribution in [2.24, 2.45) is 17.6 Å². The minimum atomic E-state index is -0.997. The summed E-state index contributed by atoms with van der Waals surface area (Å²) in [4.78, 5) is 53.7. The number of Topliss-reactive ketones (excluding diaryl/α,β-unsaturated/α-hetero) is 1. The maximum atomic E-state index is 13.7. The molecule has 0 aromatic rings. The van der Waals surface area contributed by atoms with Crippen LogP contribution in [0.5, 0.6) is 0 Å². The zero-order chi connectivity index (χ0) is 33.1. The zero-order valence-corrected chi connectivity index (χ0v) is 27.0. The van der Waals surface area contributed by atoms with Gasteiger partial charge in [0.1, 0.15) is 6.10 Å². The number of nitrogens with one attached hydrogen (secondary N) is 2. The van der Waals surface area contributed by atoms with Gasteiger partial charge in [-0.3, -0.25) is 14.4 Å². The number of nitrogens with two attached hydrogens (primary N) is 1. The molecule has 0 aromatic carbocycles. The van der Waals surface area contributed by atoms with Crippen LogP contribution < -0.4 is 16.4 Å². The lowest BCUT2D eigenvalue weighted by Gasteiger charge is -2.30. The molecule has 0 fully saturated rings. The molecule has 44 heavy (non-hydrogen) atoms. The van der Waals surface area contributed by atoms with Crippen molar-refractivity contribution in [2.75, 3.05) is 41.4 Å². The van der Waals surface area contributed by atoms with Crippen LogP contribution in [0.3, 0.4) is 0 Å². The summed E-state index contributed by atoms with van der Waals surface area (Å²) >= 11 is 0. The molecule has 0 saturated heterocycles. The van der Waals surface area contributed by atoms with Gasteiger partial charge in [0.15, 0.2) is 6.10 Å². The average molecular weight is 617 g/mol. The number of ether oxygens (including phenoxy) is 3. The third-order valence-corrected chi connectivity index (χ3v) is 7.65. The molecule has 6 atom stereocenters. The van der Waals surface area contributed by atoms with Crippen molar-refractivity contribution in [3.8, 4) is 0 Å². The van der Waals surface area contributed by atoms with Crippen LogP contribution in [-0.2, 0) is 28.6 Å². The lowest BCUT2D eigenvalue weighted by molar-refractivity contribution is -0.120. The Morgan fingerprint density at radius 3 is 2.43 bits per heavy atom. The van der Waals surface area contributed by atoms with Crippen molar-refractivity contribution in [1.29, 1.82) is 0 Å². The van der Waals surface area contributed by atoms with Gasteiger partial charge in [-0.15, -0.1) is 0 Å². The van der Waals surface area contributed by atoms with Crippen molar-refractivity contribution >= 4 is 23.6 Å². The molecule has 2 aliphatic rings. The largest absolute Gasteiger partial charge is 0.439 e. The highest BCUT2D eigenvalue weighted by Gasteiger charge is 2.33. The summed E-state index contributed by atoms with van der Waals surface area (Å²) in [6.07, 6.45) is 3.88. The second-order valence-corrected chi connectivity index (χ2v) is 11.7. The number of fused-ring (bicyclic) bond motifs is 2. The molecule has 0 saturated carbocycles. The van der Waals surface area contributed by atoms with Crippen LogP contribution in [0, 0.1) is 11.8 Å². The van der Waals surface area contributed by atoms with E-state index in [4.69, 9.17) is 19.9 Å². The van der Waals surface area contributed by atoms with Crippen LogP contribution in [0.2, 0.25) is 0 Å². The number of rotatable bonds is 7. The van der Waals surface area contributed by atoms with Crippen LogP contribution in [0.1, 0.15) is 40.5 Å². The lowest BCUT2D eigenvalue weighted by Crippen LogP contribution is -2.38. The van der Waals surface area contributed by atoms with Gasteiger partial charge in [0, 0.05) is 50.4 Å². The van der Waals surface area contributed by atoms with E-state index < -0.39 is 53.9 Å². The summed E-state index contributed by atoms with van der Waals surface area (Å²) in [7, 11) is 6.74. The van der Waals surface area contributed by atoms with Crippen molar-refractivity contribution in [3.05, 3.63) is 58.5 Å². The Balaban J connectivity index is 2.60. The number of ketones is 2. The summed E-state index contributed by atoms with van der Waals surface area (Å²) in [5.74, 6) is -2.06. The molecular formula is C32H48N4O8. The Morgan fingerprint density at radius 1 is 1.16 bits per heavy atom. The predicted molar refractivity (Wildman–Crippen MR) is 166 cm³/mol. The highest BCUT2D eigenvalue weighted by Crippen LogP contribution is 2.28. The predicted octanol–water partition coefficient (Wildman–Crippen LogP) is 1.91. The van der Waals surface area contributed by atoms with Crippen LogP contribution in [0.4, 0.5) is 4.79 Å². The van der Waals surface area contributed by atoms with Crippen LogP contribution in [0.25, 0.3) is 0 Å². The van der Waals surface area contributed by atoms with Gasteiger partial charge in [-0.25, -0.2) is 4.79 Å². The first-order valence-corrected chi connectivity index (χ1v) is 14.7. The fraction of sp³-hybridized carbons (Fsp3) is 0.562. The number of hydrogen-bond acceptors (Lipinski definition) is 10. The highest BCUT2D eigenvalue weighted by atomic mass is 16.6. The van der Waals surface area contributed by atoms with Crippen LogP contribution in [0.15, 0.2) is 58.5 Å². The quantitative estimate of drug-likeness (QED) is 0.245. The van der Waals surface area contributed by atoms with Gasteiger partial charge in [-0.2, -0.15) is 0 Å². The molecule has 0 spiro atoms. The van der Waals surface area contributed by atoms with E-state index in [9.17, 15) is 24.3 Å². The monoisotopic (exact) mass is 616 g/mol. The van der Waals surface area contributed by atoms with E-state index >= 15 is 0 Å². The number of aliphatic hydroxyl groups excluding tert-OH is 1. The number of hydrogen-bond donors (Lipinski definition) is 4. The number of aliphatic hydroxyl groups is 1. The van der Waals surface area contributed by atoms with E-state index in [1.165, 1.54) is 20.3 Å². The Kier molecular flexibility index (Phi) is 14.2. The van der Waals surface area contributed by atoms with E-state index in [1.54, 1.807) is 32.1 Å². The Bertz CT molecular complexity index is 1230. The average Bonchev–Trinajstić information content (AvgIpc) is 2.95. The van der Waals surface area contributed by atoms with E-state index in [1.807, 2.05) is 32.8 Å². The SMILES string of the molecule is COC1/C=C\C=C(/C)C(=O)NC2=CC(=O)C(NCCN(C)C)=C(C[C@@H](C)CC(OC)[C@H](O)[C@@H](C)/C=C(\C)C1OC(N)=O)C2=O. The molecule has 0 aromatic heterocycles. The maximum absolute atomic E-state index is 13.7. The number of methoxy groups -OCH3 is 2. The topological polar surface area (TPSA) is 170 Å². The molecule has 244 valence electrons. The highest BCUT2D eigenvalue weighted by molar-refractivity contribution is 6.23. The summed E-state index contributed by atoms with van der Waals surface area (Å²) < 4.78 is 16.6. The number of primary amides is 1. The number of carbonyl (C=O) groups is 4. The second-order valence-electron chi connectivity index (χ2n) is 11.7. The fourth-order valence-corrected chi connectivity index (χ4v) is 5.18. The molecule has 1 aliphatic heterocycles. The van der Waals surface area contributed by atoms with Gasteiger partial charge in [0.25, 0.3) is 5.91 Å². The van der Waals surface area contributed by atoms with Gasteiger partial charge >= 0.3 is 6.09 Å². The third kappa shape index (κ3) is 10.3. The minimum Gasteiger partial charge on any atom is -0.439 e. The smallest absolute Gasteiger partial charge is 0.405 e. The molecule has 0 radical (unpaired) electrons. The molecule has 2 bridgehead atoms. The van der Waals surface area contributed by atoms with Gasteiger partial charge in [0.2, 0.25) is 11.6 Å². The summed E-state index contributed by atoms with van der Waals surface area (Å²) in [5.41, 5.74) is 6.55. The number of likely N-dealkylation sites (N-methyl/N-ethyl adjacent to an activating group) is 1. The standard InChI is InChI=1S/C32H48N4O8/c1-18-14-22-27(34-12-13-36(5)6)24(37)17-23(29(22)39)35-31(40)19(2)10-9-11-25(42-7)30(44-32(33)41)21(4)16-20(3)28(38)26(15-18)43-8/h9-11,16-18,20,25-26,28,30,34,38H,12-15H2,1-8H3,(H2,33,41)(H,35,40)/b11-9-,19-10+,21-16+/t18-,20+,25?,26?,28-,30?/m1/s1. The second kappa shape index (κ2) is 17.0. The van der Waals surface area contributed by atoms with Gasteiger partial charge in [0.05, 0.1) is 23.6 Å². The van der Waals surface area contributed by atoms with E-state index in [-0.39, 0.29) is 34.9 Å². The van der Waals surface area contributed by atoms with Crippen molar-refractivity contribution in [3.63, 3.8) is 0 Å². The first kappa shape index (κ1) is 36.6. The molecule has 2 rings (SSSR count). The summed E-state index contributed by atoms with van der Waals surface area (Å²) in [5, 5.41) is 17.0. The molecule has 3 unspecified atom stereocenters. The van der Waals surface area contributed by atoms with Crippen molar-refractivity contribution < 1.29 is 38.5 Å². The van der Waals surface area contributed by atoms with Gasteiger partial charge < -0.3 is 40.6 Å². The zero-order valence-electron chi connectivity index (χ0n) is 27.0. The minimum absolute atomic E-state index is 0.114. The molecule has 1 heterocycles. The van der Waals surface area contributed by atoms with Crippen molar-refractivity contribution in [1.82, 2.24) is 15.5 Å². The molecule has 5 N–H and O–H groups in total. The van der Waals surface area contributed by atoms with Gasteiger partial charge in [-0.05, 0) is 52.3 Å². The number of carbonyl (C=O) groups excluding carboxylic acids is 4. The van der Waals surface area contributed by atoms with Crippen molar-refractivity contribution in [2.45, 2.75) is 65.0 Å². The first-order valence-electron chi connectivity index (χ1n) is 14.7. The van der Waals surface area contributed by atoms with E-state index in [0.717, 1.165) is 6.08 Å². The molecule has 12 heteroatoms. The molecular weight excluding hydrogens is 568 g/mol. The maximum Gasteiger partial charge on any atom is 0.405 e. The Hall–Kier alpha value is -3.58. The number of nitrogens with zero attached hydrogens (tertiary/aromatic N) is 1. The molecule has 2 amide bonds. The van der Waals surface area contributed by atoms with Crippen LogP contribution >= 0.6 is 0 Å². The Morgan fingerprint density at radius 2 is 1.84 bits per heavy atom. The number of allylic oxidation sites excluding steroid dienone is 4. The number of amides is 2. The third-order valence-electron chi connectivity index (χ3n) is 7.65. The normalized spacial score (nSPS) is 31.0. The molecule has 1 aliphatic carbocycles. The molecule has 12 nitrogen and oxygen atoms in total. The van der Waals surface area contributed by atoms with E-state index in [2.05, 4.69) is 10.6 Å². The first-order chi connectivity index (χ1) is 20.7. The lowest BCUT2D eigenvalue weighted by atomic mass is 9.85. The summed E-state index contributed by atoms with van der Waals surface area (Å²) in [6, 6.07) is 0. The Labute approximate surface area is 260 Å². The van der Waals surface area contributed by atoms with Crippen LogP contribution in [-0.4, -0.2) is 99.4 Å².